The van der Waals surface area contributed by atoms with E-state index in [1.807, 2.05) is 42.6 Å². The van der Waals surface area contributed by atoms with Crippen LogP contribution in [0.2, 0.25) is 0 Å². The molecule has 0 fully saturated rings. The zero-order valence-electron chi connectivity index (χ0n) is 18.7. The number of ketones is 2. The van der Waals surface area contributed by atoms with E-state index >= 15 is 0 Å². The number of ether oxygens (including phenoxy) is 2. The van der Waals surface area contributed by atoms with Gasteiger partial charge in [-0.05, 0) is 59.5 Å². The number of carbonyl (C=O) groups excluding carboxylic acids is 2. The van der Waals surface area contributed by atoms with E-state index in [0.717, 1.165) is 22.0 Å². The van der Waals surface area contributed by atoms with Crippen LogP contribution in [0, 0.1) is 0 Å². The molecule has 6 heteroatoms. The van der Waals surface area contributed by atoms with Crippen molar-refractivity contribution in [3.63, 3.8) is 0 Å². The van der Waals surface area contributed by atoms with Crippen LogP contribution in [-0.4, -0.2) is 28.6 Å². The maximum Gasteiger partial charge on any atom is 0.163 e. The van der Waals surface area contributed by atoms with Gasteiger partial charge in [0.2, 0.25) is 0 Å². The Morgan fingerprint density at radius 1 is 1.00 bits per heavy atom. The average molecular weight is 453 g/mol. The summed E-state index contributed by atoms with van der Waals surface area (Å²) < 4.78 is 11.2. The summed E-state index contributed by atoms with van der Waals surface area (Å²) in [7, 11) is 1.55. The van der Waals surface area contributed by atoms with Gasteiger partial charge in [-0.2, -0.15) is 0 Å². The predicted octanol–water partition coefficient (Wildman–Crippen LogP) is 5.41. The minimum absolute atomic E-state index is 0.202. The molecule has 0 saturated heterocycles. The minimum Gasteiger partial charge on any atom is -0.496 e. The fourth-order valence-electron chi connectivity index (χ4n) is 3.40. The zero-order valence-corrected chi connectivity index (χ0v) is 18.7. The number of pyridine rings is 1. The van der Waals surface area contributed by atoms with Crippen LogP contribution in [0.3, 0.4) is 0 Å². The molecule has 4 rings (SSSR count). The molecular formula is C28H24N2O4. The van der Waals surface area contributed by atoms with E-state index in [1.54, 1.807) is 49.9 Å². The second-order valence-corrected chi connectivity index (χ2v) is 7.65. The number of nitrogens with one attached hydrogen (secondary N) is 1. The number of methoxy groups -OCH3 is 1. The number of allylic oxidation sites excluding steroid dienone is 2. The van der Waals surface area contributed by atoms with Crippen molar-refractivity contribution >= 4 is 34.6 Å². The van der Waals surface area contributed by atoms with Gasteiger partial charge in [0.05, 0.1) is 13.5 Å². The minimum atomic E-state index is -0.284. The molecule has 6 nitrogen and oxygen atoms in total. The molecule has 2 aromatic heterocycles. The number of rotatable bonds is 10. The molecule has 0 unspecified atom stereocenters. The van der Waals surface area contributed by atoms with Gasteiger partial charge in [0.15, 0.2) is 11.6 Å². The van der Waals surface area contributed by atoms with Gasteiger partial charge in [0.1, 0.15) is 18.1 Å². The first kappa shape index (κ1) is 22.7. The van der Waals surface area contributed by atoms with Gasteiger partial charge in [0.25, 0.3) is 0 Å². The third-order valence-corrected chi connectivity index (χ3v) is 5.17. The number of benzene rings is 2. The Balaban J connectivity index is 1.33. The molecule has 0 aliphatic heterocycles. The van der Waals surface area contributed by atoms with Crippen molar-refractivity contribution in [1.29, 1.82) is 0 Å². The first-order valence-corrected chi connectivity index (χ1v) is 10.8. The third-order valence-electron chi connectivity index (χ3n) is 5.17. The van der Waals surface area contributed by atoms with Crippen LogP contribution in [-0.2, 0) is 16.2 Å². The van der Waals surface area contributed by atoms with Gasteiger partial charge < -0.3 is 14.5 Å². The molecule has 0 saturated carbocycles. The largest absolute Gasteiger partial charge is 0.496 e. The van der Waals surface area contributed by atoms with Crippen molar-refractivity contribution in [3.8, 4) is 11.5 Å². The number of H-pyrrole nitrogens is 1. The van der Waals surface area contributed by atoms with E-state index < -0.39 is 0 Å². The van der Waals surface area contributed by atoms with Crippen LogP contribution >= 0.6 is 0 Å². The normalized spacial score (nSPS) is 11.3. The second-order valence-electron chi connectivity index (χ2n) is 7.65. The first-order chi connectivity index (χ1) is 16.6. The molecule has 0 spiro atoms. The Hall–Kier alpha value is -4.45. The summed E-state index contributed by atoms with van der Waals surface area (Å²) in [6, 6.07) is 17.0. The highest BCUT2D eigenvalue weighted by Crippen LogP contribution is 2.26. The molecule has 0 aliphatic rings. The van der Waals surface area contributed by atoms with Crippen LogP contribution in [0.15, 0.2) is 85.3 Å². The van der Waals surface area contributed by atoms with E-state index in [4.69, 9.17) is 9.47 Å². The summed E-state index contributed by atoms with van der Waals surface area (Å²) in [5.41, 5.74) is 3.56. The molecule has 4 aromatic rings. The van der Waals surface area contributed by atoms with Crippen LogP contribution in [0.4, 0.5) is 0 Å². The Bertz CT molecular complexity index is 1350. The monoisotopic (exact) mass is 452 g/mol. The Morgan fingerprint density at radius 2 is 1.85 bits per heavy atom. The zero-order chi connectivity index (χ0) is 23.8. The quantitative estimate of drug-likeness (QED) is 0.257. The smallest absolute Gasteiger partial charge is 0.163 e. The van der Waals surface area contributed by atoms with Crippen molar-refractivity contribution in [2.75, 3.05) is 7.11 Å². The van der Waals surface area contributed by atoms with Crippen LogP contribution in [0.5, 0.6) is 11.5 Å². The highest BCUT2D eigenvalue weighted by Gasteiger charge is 2.07. The van der Waals surface area contributed by atoms with Gasteiger partial charge in [0, 0.05) is 41.3 Å². The summed E-state index contributed by atoms with van der Waals surface area (Å²) in [5.74, 6) is 0.668. The Labute approximate surface area is 197 Å². The fourth-order valence-corrected chi connectivity index (χ4v) is 3.40. The van der Waals surface area contributed by atoms with E-state index in [0.29, 0.717) is 23.7 Å². The summed E-state index contributed by atoms with van der Waals surface area (Å²) in [5, 5.41) is 1.10. The SMILES string of the molecule is COc1cc(OCc2cccnc2)ccc1C=CC(=O)CC(=O)C=Cc1ccc2cc[nH]c2c1. The fraction of sp³-hybridized carbons (Fsp3) is 0.107. The van der Waals surface area contributed by atoms with Gasteiger partial charge in [-0.25, -0.2) is 0 Å². The Kier molecular flexibility index (Phi) is 7.30. The molecule has 0 amide bonds. The number of carbonyl (C=O) groups is 2. The maximum atomic E-state index is 12.3. The van der Waals surface area contributed by atoms with Crippen molar-refractivity contribution in [3.05, 3.63) is 102 Å². The number of hydrogen-bond acceptors (Lipinski definition) is 5. The van der Waals surface area contributed by atoms with Crippen molar-refractivity contribution in [1.82, 2.24) is 9.97 Å². The second kappa shape index (κ2) is 10.9. The average Bonchev–Trinajstić information content (AvgIpc) is 3.34. The lowest BCUT2D eigenvalue weighted by atomic mass is 10.1. The molecule has 0 radical (unpaired) electrons. The number of aromatic nitrogens is 2. The highest BCUT2D eigenvalue weighted by atomic mass is 16.5. The van der Waals surface area contributed by atoms with E-state index in [1.165, 1.54) is 12.2 Å². The number of hydrogen-bond donors (Lipinski definition) is 1. The maximum absolute atomic E-state index is 12.3. The molecule has 0 bridgehead atoms. The number of nitrogens with zero attached hydrogens (tertiary/aromatic N) is 1. The van der Waals surface area contributed by atoms with Crippen molar-refractivity contribution in [2.24, 2.45) is 0 Å². The molecule has 2 aromatic carbocycles. The topological polar surface area (TPSA) is 81.3 Å². The lowest BCUT2D eigenvalue weighted by molar-refractivity contribution is -0.121. The molecule has 170 valence electrons. The van der Waals surface area contributed by atoms with E-state index in [9.17, 15) is 9.59 Å². The molecule has 2 heterocycles. The summed E-state index contributed by atoms with van der Waals surface area (Å²) in [4.78, 5) is 31.7. The molecule has 0 atom stereocenters. The van der Waals surface area contributed by atoms with E-state index in [-0.39, 0.29) is 18.0 Å². The lowest BCUT2D eigenvalue weighted by Crippen LogP contribution is -2.02. The highest BCUT2D eigenvalue weighted by molar-refractivity contribution is 6.11. The first-order valence-electron chi connectivity index (χ1n) is 10.8. The van der Waals surface area contributed by atoms with Crippen LogP contribution in [0.1, 0.15) is 23.1 Å². The summed E-state index contributed by atoms with van der Waals surface area (Å²) in [6.07, 6.45) is 11.3. The predicted molar refractivity (Wildman–Crippen MR) is 133 cm³/mol. The third kappa shape index (κ3) is 6.07. The Morgan fingerprint density at radius 3 is 2.65 bits per heavy atom. The molecule has 34 heavy (non-hydrogen) atoms. The van der Waals surface area contributed by atoms with Crippen LogP contribution < -0.4 is 9.47 Å². The van der Waals surface area contributed by atoms with Gasteiger partial charge in [-0.3, -0.25) is 14.6 Å². The van der Waals surface area contributed by atoms with Gasteiger partial charge in [-0.15, -0.1) is 0 Å². The van der Waals surface area contributed by atoms with Crippen molar-refractivity contribution in [2.45, 2.75) is 13.0 Å². The van der Waals surface area contributed by atoms with Crippen molar-refractivity contribution < 1.29 is 19.1 Å². The van der Waals surface area contributed by atoms with E-state index in [2.05, 4.69) is 9.97 Å². The number of aromatic amines is 1. The standard InChI is InChI=1S/C28H24N2O4/c1-33-28-17-26(34-19-21-3-2-13-29-18-21)11-8-23(28)7-10-25(32)16-24(31)9-5-20-4-6-22-12-14-30-27(22)15-20/h2-15,17-18,30H,16,19H2,1H3. The lowest BCUT2D eigenvalue weighted by Gasteiger charge is -2.10. The summed E-state index contributed by atoms with van der Waals surface area (Å²) >= 11 is 0. The van der Waals surface area contributed by atoms with Crippen LogP contribution in [0.25, 0.3) is 23.1 Å². The van der Waals surface area contributed by atoms with Gasteiger partial charge in [-0.1, -0.05) is 24.3 Å². The summed E-state index contributed by atoms with van der Waals surface area (Å²) in [6.45, 7) is 0.388. The number of fused-ring (bicyclic) bond motifs is 1. The molecule has 0 aliphatic carbocycles. The van der Waals surface area contributed by atoms with Gasteiger partial charge >= 0.3 is 0 Å². The molecule has 1 N–H and O–H groups in total. The molecular weight excluding hydrogens is 428 g/mol.